The lowest BCUT2D eigenvalue weighted by molar-refractivity contribution is 0.275. The smallest absolute Gasteiger partial charge is 0.193 e. The number of benzene rings is 1. The monoisotopic (exact) mass is 435 g/mol. The number of aliphatic hydroxyl groups is 1. The lowest BCUT2D eigenvalue weighted by Crippen LogP contribution is -2.39. The first-order valence-corrected chi connectivity index (χ1v) is 7.60. The Labute approximate surface area is 155 Å². The molecule has 1 aromatic carbocycles. The van der Waals surface area contributed by atoms with Gasteiger partial charge in [-0.2, -0.15) is 0 Å². The molecule has 0 spiro atoms. The van der Waals surface area contributed by atoms with Crippen molar-refractivity contribution in [3.8, 4) is 0 Å². The van der Waals surface area contributed by atoms with Gasteiger partial charge in [-0.25, -0.2) is 9.38 Å². The Morgan fingerprint density at radius 3 is 2.83 bits per heavy atom. The van der Waals surface area contributed by atoms with Crippen LogP contribution in [-0.4, -0.2) is 36.1 Å². The minimum Gasteiger partial charge on any atom is -0.392 e. The molecule has 0 aliphatic rings. The SMILES string of the molecule is C=CCCCN(C)C(=NCc1ccc(F)c(CO)c1)NCC.I. The predicted octanol–water partition coefficient (Wildman–Crippen LogP) is 3.30. The molecule has 0 fully saturated rings. The van der Waals surface area contributed by atoms with Gasteiger partial charge in [0, 0.05) is 25.7 Å². The highest BCUT2D eigenvalue weighted by Crippen LogP contribution is 2.11. The Morgan fingerprint density at radius 1 is 1.48 bits per heavy atom. The number of allylic oxidation sites excluding steroid dienone is 1. The highest BCUT2D eigenvalue weighted by Gasteiger charge is 2.06. The van der Waals surface area contributed by atoms with Gasteiger partial charge in [0.15, 0.2) is 5.96 Å². The summed E-state index contributed by atoms with van der Waals surface area (Å²) in [7, 11) is 1.99. The van der Waals surface area contributed by atoms with E-state index in [1.165, 1.54) is 6.07 Å². The van der Waals surface area contributed by atoms with E-state index in [1.54, 1.807) is 12.1 Å². The summed E-state index contributed by atoms with van der Waals surface area (Å²) in [6, 6.07) is 4.72. The zero-order valence-corrected chi connectivity index (χ0v) is 16.2. The fraction of sp³-hybridized carbons (Fsp3) is 0.471. The van der Waals surface area contributed by atoms with Crippen LogP contribution in [0.2, 0.25) is 0 Å². The van der Waals surface area contributed by atoms with Crippen molar-refractivity contribution in [3.05, 3.63) is 47.8 Å². The van der Waals surface area contributed by atoms with Crippen LogP contribution in [0.25, 0.3) is 0 Å². The molecule has 0 heterocycles. The summed E-state index contributed by atoms with van der Waals surface area (Å²) in [5.74, 6) is 0.435. The highest BCUT2D eigenvalue weighted by atomic mass is 127. The van der Waals surface area contributed by atoms with E-state index in [9.17, 15) is 4.39 Å². The van der Waals surface area contributed by atoms with Crippen molar-refractivity contribution in [3.63, 3.8) is 0 Å². The van der Waals surface area contributed by atoms with E-state index < -0.39 is 0 Å². The molecule has 6 heteroatoms. The van der Waals surface area contributed by atoms with Gasteiger partial charge in [0.1, 0.15) is 5.82 Å². The van der Waals surface area contributed by atoms with Gasteiger partial charge >= 0.3 is 0 Å². The number of rotatable bonds is 8. The first-order valence-electron chi connectivity index (χ1n) is 7.60. The molecule has 23 heavy (non-hydrogen) atoms. The maximum atomic E-state index is 13.4. The van der Waals surface area contributed by atoms with Crippen molar-refractivity contribution in [2.45, 2.75) is 32.9 Å². The number of halogens is 2. The fourth-order valence-corrected chi connectivity index (χ4v) is 2.06. The molecule has 0 unspecified atom stereocenters. The topological polar surface area (TPSA) is 47.9 Å². The van der Waals surface area contributed by atoms with E-state index >= 15 is 0 Å². The molecule has 0 aliphatic carbocycles. The van der Waals surface area contributed by atoms with Crippen LogP contribution in [0.1, 0.15) is 30.9 Å². The third-order valence-corrected chi connectivity index (χ3v) is 3.29. The number of nitrogens with one attached hydrogen (secondary N) is 1. The van der Waals surface area contributed by atoms with Gasteiger partial charge in [0.05, 0.1) is 13.2 Å². The first-order chi connectivity index (χ1) is 10.6. The van der Waals surface area contributed by atoms with E-state index in [2.05, 4.69) is 21.8 Å². The first kappa shape index (κ1) is 21.9. The average Bonchev–Trinajstić information content (AvgIpc) is 2.52. The molecular formula is C17H27FIN3O. The van der Waals surface area contributed by atoms with E-state index in [1.807, 2.05) is 20.0 Å². The number of nitrogens with zero attached hydrogens (tertiary/aromatic N) is 2. The van der Waals surface area contributed by atoms with Gasteiger partial charge in [-0.3, -0.25) is 0 Å². The van der Waals surface area contributed by atoms with Gasteiger partial charge in [0.2, 0.25) is 0 Å². The highest BCUT2D eigenvalue weighted by molar-refractivity contribution is 14.0. The Balaban J connectivity index is 0.00000484. The third kappa shape index (κ3) is 7.78. The molecule has 0 aliphatic heterocycles. The molecule has 0 saturated carbocycles. The Hall–Kier alpha value is -1.15. The summed E-state index contributed by atoms with van der Waals surface area (Å²) in [4.78, 5) is 6.64. The van der Waals surface area contributed by atoms with Gasteiger partial charge in [0.25, 0.3) is 0 Å². The molecule has 0 bridgehead atoms. The zero-order chi connectivity index (χ0) is 16.4. The van der Waals surface area contributed by atoms with Crippen molar-refractivity contribution in [1.29, 1.82) is 0 Å². The van der Waals surface area contributed by atoms with Crippen LogP contribution in [-0.2, 0) is 13.2 Å². The second kappa shape index (κ2) is 12.3. The number of guanidine groups is 1. The molecule has 0 atom stereocenters. The van der Waals surface area contributed by atoms with Gasteiger partial charge < -0.3 is 15.3 Å². The lowest BCUT2D eigenvalue weighted by Gasteiger charge is -2.21. The van der Waals surface area contributed by atoms with Crippen molar-refractivity contribution in [1.82, 2.24) is 10.2 Å². The molecule has 0 aromatic heterocycles. The van der Waals surface area contributed by atoms with Gasteiger partial charge in [-0.1, -0.05) is 12.1 Å². The minimum atomic E-state index is -0.385. The van der Waals surface area contributed by atoms with Crippen molar-refractivity contribution < 1.29 is 9.50 Å². The predicted molar refractivity (Wildman–Crippen MR) is 105 cm³/mol. The van der Waals surface area contributed by atoms with Crippen molar-refractivity contribution in [2.24, 2.45) is 4.99 Å². The average molecular weight is 435 g/mol. The Kier molecular flexibility index (Phi) is 11.7. The largest absolute Gasteiger partial charge is 0.392 e. The lowest BCUT2D eigenvalue weighted by atomic mass is 10.1. The van der Waals surface area contributed by atoms with E-state index in [-0.39, 0.29) is 36.4 Å². The number of hydrogen-bond acceptors (Lipinski definition) is 2. The van der Waals surface area contributed by atoms with E-state index in [0.717, 1.165) is 37.5 Å². The molecule has 1 rings (SSSR count). The zero-order valence-electron chi connectivity index (χ0n) is 13.9. The van der Waals surface area contributed by atoms with Crippen molar-refractivity contribution in [2.75, 3.05) is 20.1 Å². The molecular weight excluding hydrogens is 408 g/mol. The summed E-state index contributed by atoms with van der Waals surface area (Å²) >= 11 is 0. The van der Waals surface area contributed by atoms with Crippen LogP contribution in [0.4, 0.5) is 4.39 Å². The molecule has 0 amide bonds. The summed E-state index contributed by atoms with van der Waals surface area (Å²) in [5.41, 5.74) is 1.18. The molecule has 4 nitrogen and oxygen atoms in total. The van der Waals surface area contributed by atoms with Gasteiger partial charge in [-0.15, -0.1) is 30.6 Å². The molecule has 2 N–H and O–H groups in total. The van der Waals surface area contributed by atoms with Gasteiger partial charge in [-0.05, 0) is 37.5 Å². The van der Waals surface area contributed by atoms with Crippen molar-refractivity contribution >= 4 is 29.9 Å². The number of hydrogen-bond donors (Lipinski definition) is 2. The Morgan fingerprint density at radius 2 is 2.22 bits per heavy atom. The second-order valence-corrected chi connectivity index (χ2v) is 5.11. The summed E-state index contributed by atoms with van der Waals surface area (Å²) in [6.07, 6.45) is 3.91. The van der Waals surface area contributed by atoms with Crippen LogP contribution in [0.5, 0.6) is 0 Å². The quantitative estimate of drug-likeness (QED) is 0.217. The number of unbranched alkanes of at least 4 members (excludes halogenated alkanes) is 1. The van der Waals surface area contributed by atoms with E-state index in [4.69, 9.17) is 5.11 Å². The summed E-state index contributed by atoms with van der Waals surface area (Å²) < 4.78 is 13.4. The van der Waals surface area contributed by atoms with Crippen LogP contribution in [0.15, 0.2) is 35.8 Å². The Bertz CT molecular complexity index is 509. The second-order valence-electron chi connectivity index (χ2n) is 5.11. The number of aliphatic hydroxyl groups excluding tert-OH is 1. The number of aliphatic imine (C=N–C) groups is 1. The molecule has 0 saturated heterocycles. The van der Waals surface area contributed by atoms with Crippen LogP contribution < -0.4 is 5.32 Å². The maximum absolute atomic E-state index is 13.4. The third-order valence-electron chi connectivity index (χ3n) is 3.29. The van der Waals surface area contributed by atoms with Crippen LogP contribution >= 0.6 is 24.0 Å². The van der Waals surface area contributed by atoms with Crippen LogP contribution in [0, 0.1) is 5.82 Å². The minimum absolute atomic E-state index is 0. The standard InChI is InChI=1S/C17H26FN3O.HI/c1-4-6-7-10-21(3)17(19-5-2)20-12-14-8-9-16(18)15(11-14)13-22;/h4,8-9,11,22H,1,5-7,10,12-13H2,2-3H3,(H,19,20);1H. The molecule has 1 aromatic rings. The fourth-order valence-electron chi connectivity index (χ4n) is 2.06. The maximum Gasteiger partial charge on any atom is 0.193 e. The summed E-state index contributed by atoms with van der Waals surface area (Å²) in [5, 5.41) is 12.4. The van der Waals surface area contributed by atoms with E-state index in [0.29, 0.717) is 12.1 Å². The normalized spacial score (nSPS) is 10.9. The molecule has 130 valence electrons. The summed E-state index contributed by atoms with van der Waals surface area (Å²) in [6.45, 7) is 7.57. The molecule has 0 radical (unpaired) electrons. The van der Waals surface area contributed by atoms with Crippen LogP contribution in [0.3, 0.4) is 0 Å².